The van der Waals surface area contributed by atoms with Gasteiger partial charge in [0, 0.05) is 31.2 Å². The number of fused-ring (bicyclic) bond motifs is 1. The van der Waals surface area contributed by atoms with Crippen LogP contribution in [0.3, 0.4) is 0 Å². The molecule has 1 aliphatic rings. The molecule has 0 saturated heterocycles. The molecule has 0 spiro atoms. The summed E-state index contributed by atoms with van der Waals surface area (Å²) >= 11 is 12.3. The van der Waals surface area contributed by atoms with Crippen LogP contribution in [0.5, 0.6) is 5.75 Å². The number of ether oxygens (including phenoxy) is 1. The number of halogens is 2. The van der Waals surface area contributed by atoms with Crippen molar-refractivity contribution in [1.29, 1.82) is 0 Å². The molecule has 1 aliphatic heterocycles. The van der Waals surface area contributed by atoms with Gasteiger partial charge in [0.1, 0.15) is 24.7 Å². The molecule has 0 unspecified atom stereocenters. The molecule has 3 aromatic rings. The Hall–Kier alpha value is -3.25. The fraction of sp³-hybridized carbons (Fsp3) is 0.423. The number of aliphatic hydroxyl groups is 1. The van der Waals surface area contributed by atoms with Gasteiger partial charge >= 0.3 is 0 Å². The number of rotatable bonds is 9. The largest absolute Gasteiger partial charge is 0.488 e. The van der Waals surface area contributed by atoms with E-state index < -0.39 is 6.04 Å². The summed E-state index contributed by atoms with van der Waals surface area (Å²) in [6, 6.07) is 10.1. The van der Waals surface area contributed by atoms with Crippen molar-refractivity contribution in [3.63, 3.8) is 0 Å². The highest BCUT2D eigenvalue weighted by molar-refractivity contribution is 6.42. The fourth-order valence-corrected chi connectivity index (χ4v) is 4.76. The minimum atomic E-state index is -0.404. The third-order valence-corrected chi connectivity index (χ3v) is 7.31. The van der Waals surface area contributed by atoms with Crippen LogP contribution in [0.4, 0.5) is 5.69 Å². The third kappa shape index (κ3) is 7.24. The van der Waals surface area contributed by atoms with Crippen molar-refractivity contribution >= 4 is 40.7 Å². The second-order valence-corrected chi connectivity index (χ2v) is 10.6. The molecule has 2 aromatic carbocycles. The number of carbonyl (C=O) groups excluding carboxylic acids is 2. The van der Waals surface area contributed by atoms with Crippen LogP contribution in [0, 0.1) is 5.92 Å². The van der Waals surface area contributed by atoms with Gasteiger partial charge in [-0.05, 0) is 60.3 Å². The van der Waals surface area contributed by atoms with Gasteiger partial charge in [0.2, 0.25) is 5.91 Å². The molecule has 39 heavy (non-hydrogen) atoms. The summed E-state index contributed by atoms with van der Waals surface area (Å²) in [5, 5.41) is 24.4. The van der Waals surface area contributed by atoms with Crippen LogP contribution in [-0.2, 0) is 17.9 Å². The van der Waals surface area contributed by atoms with Crippen molar-refractivity contribution in [3.8, 4) is 5.75 Å². The lowest BCUT2D eigenvalue weighted by Crippen LogP contribution is -2.49. The molecule has 2 N–H and O–H groups in total. The van der Waals surface area contributed by atoms with Crippen molar-refractivity contribution < 1.29 is 19.4 Å². The molecule has 0 saturated carbocycles. The van der Waals surface area contributed by atoms with E-state index in [9.17, 15) is 14.7 Å². The number of carbonyl (C=O) groups is 2. The average Bonchev–Trinajstić information content (AvgIpc) is 3.41. The van der Waals surface area contributed by atoms with E-state index >= 15 is 0 Å². The molecule has 13 heteroatoms. The number of nitrogens with one attached hydrogen (secondary N) is 1. The lowest BCUT2D eigenvalue weighted by Gasteiger charge is -2.38. The smallest absolute Gasteiger partial charge is 0.258 e. The van der Waals surface area contributed by atoms with Gasteiger partial charge in [0.15, 0.2) is 0 Å². The molecule has 0 bridgehead atoms. The van der Waals surface area contributed by atoms with Crippen molar-refractivity contribution in [3.05, 3.63) is 63.9 Å². The summed E-state index contributed by atoms with van der Waals surface area (Å²) in [6.07, 6.45) is 1.07. The maximum Gasteiger partial charge on any atom is 0.258 e. The summed E-state index contributed by atoms with van der Waals surface area (Å²) in [7, 11) is 1.99. The number of tetrazole rings is 1. The highest BCUT2D eigenvalue weighted by atomic mass is 35.5. The molecule has 11 nitrogen and oxygen atoms in total. The normalized spacial score (nSPS) is 18.2. The van der Waals surface area contributed by atoms with Gasteiger partial charge in [-0.15, -0.1) is 5.10 Å². The zero-order valence-corrected chi connectivity index (χ0v) is 23.4. The monoisotopic (exact) mass is 575 g/mol. The molecule has 0 fully saturated rings. The number of likely N-dealkylation sites (N-methyl/N-ethyl adjacent to an activating group) is 1. The van der Waals surface area contributed by atoms with E-state index in [2.05, 4.69) is 25.7 Å². The first-order chi connectivity index (χ1) is 18.6. The van der Waals surface area contributed by atoms with Crippen LogP contribution < -0.4 is 10.1 Å². The van der Waals surface area contributed by atoms with Gasteiger partial charge in [0.05, 0.1) is 28.3 Å². The molecule has 2 amide bonds. The maximum atomic E-state index is 13.6. The minimum absolute atomic E-state index is 0.0389. The number of anilines is 1. The number of aliphatic hydroxyl groups excluding tert-OH is 1. The van der Waals surface area contributed by atoms with Crippen LogP contribution >= 0.6 is 23.2 Å². The fourth-order valence-electron chi connectivity index (χ4n) is 4.44. The van der Waals surface area contributed by atoms with Crippen molar-refractivity contribution in [2.75, 3.05) is 32.1 Å². The minimum Gasteiger partial charge on any atom is -0.488 e. The van der Waals surface area contributed by atoms with E-state index in [0.717, 1.165) is 5.56 Å². The van der Waals surface area contributed by atoms with Crippen molar-refractivity contribution in [2.24, 2.45) is 5.92 Å². The number of nitrogens with zero attached hydrogens (tertiary/aromatic N) is 6. The third-order valence-electron chi connectivity index (χ3n) is 6.57. The number of aromatic nitrogens is 4. The predicted octanol–water partition coefficient (Wildman–Crippen LogP) is 2.97. The summed E-state index contributed by atoms with van der Waals surface area (Å²) in [5.41, 5.74) is 1.75. The van der Waals surface area contributed by atoms with E-state index in [1.54, 1.807) is 36.1 Å². The summed E-state index contributed by atoms with van der Waals surface area (Å²) in [5.74, 6) is -0.258. The van der Waals surface area contributed by atoms with Gasteiger partial charge in [-0.2, -0.15) is 0 Å². The average molecular weight is 576 g/mol. The first kappa shape index (κ1) is 28.8. The first-order valence-corrected chi connectivity index (χ1v) is 13.3. The number of benzene rings is 2. The maximum absolute atomic E-state index is 13.6. The Morgan fingerprint density at radius 2 is 2.05 bits per heavy atom. The summed E-state index contributed by atoms with van der Waals surface area (Å²) < 4.78 is 7.73. The zero-order chi connectivity index (χ0) is 28.1. The zero-order valence-electron chi connectivity index (χ0n) is 21.9. The van der Waals surface area contributed by atoms with Crippen LogP contribution in [0.1, 0.15) is 29.8 Å². The van der Waals surface area contributed by atoms with Gasteiger partial charge in [-0.3, -0.25) is 14.5 Å². The number of amides is 2. The Labute approximate surface area is 236 Å². The summed E-state index contributed by atoms with van der Waals surface area (Å²) in [4.78, 5) is 29.9. The van der Waals surface area contributed by atoms with Gasteiger partial charge in [-0.1, -0.05) is 36.2 Å². The second kappa shape index (κ2) is 12.7. The van der Waals surface area contributed by atoms with Crippen LogP contribution in [0.2, 0.25) is 10.0 Å². The number of hydrogen-bond donors (Lipinski definition) is 2. The molecular formula is C26H31Cl2N7O4. The van der Waals surface area contributed by atoms with Crippen molar-refractivity contribution in [1.82, 2.24) is 30.0 Å². The quantitative estimate of drug-likeness (QED) is 0.399. The molecule has 1 aromatic heterocycles. The second-order valence-electron chi connectivity index (χ2n) is 9.83. The van der Waals surface area contributed by atoms with Crippen LogP contribution in [0.25, 0.3) is 0 Å². The Balaban J connectivity index is 1.56. The lowest BCUT2D eigenvalue weighted by molar-refractivity contribution is -0.116. The Morgan fingerprint density at radius 1 is 1.26 bits per heavy atom. The van der Waals surface area contributed by atoms with Gasteiger partial charge < -0.3 is 20.1 Å². The molecule has 0 radical (unpaired) electrons. The molecule has 3 atom stereocenters. The van der Waals surface area contributed by atoms with Gasteiger partial charge in [-0.25, -0.2) is 4.68 Å². The predicted molar refractivity (Wildman–Crippen MR) is 147 cm³/mol. The van der Waals surface area contributed by atoms with E-state index in [-0.39, 0.29) is 37.0 Å². The van der Waals surface area contributed by atoms with Gasteiger partial charge in [0.25, 0.3) is 5.91 Å². The molecule has 0 aliphatic carbocycles. The SMILES string of the molecule is C[C@@H]1CN([C@@H](C)CO)C(=O)c2cc(NC(=O)Cn3cnnn3)ccc2O[C@@H]1CN(C)Cc1ccc(Cl)c(Cl)c1. The Morgan fingerprint density at radius 3 is 2.74 bits per heavy atom. The lowest BCUT2D eigenvalue weighted by atomic mass is 9.99. The van der Waals surface area contributed by atoms with E-state index in [4.69, 9.17) is 27.9 Å². The molecule has 208 valence electrons. The molecular weight excluding hydrogens is 545 g/mol. The first-order valence-electron chi connectivity index (χ1n) is 12.5. The molecule has 2 heterocycles. The Kier molecular flexibility index (Phi) is 9.39. The Bertz CT molecular complexity index is 1310. The standard InChI is InChI=1S/C26H31Cl2N7O4/c1-16-10-35(17(2)14-36)26(38)20-9-19(30-25(37)13-34-15-29-31-32-34)5-7-23(20)39-24(16)12-33(3)11-18-4-6-21(27)22(28)8-18/h4-9,15-17,24,36H,10-14H2,1-3H3,(H,30,37)/t16-,17+,24-/m1/s1. The summed E-state index contributed by atoms with van der Waals surface area (Å²) in [6.45, 7) is 5.16. The highest BCUT2D eigenvalue weighted by Crippen LogP contribution is 2.31. The van der Waals surface area contributed by atoms with E-state index in [1.807, 2.05) is 26.1 Å². The topological polar surface area (TPSA) is 126 Å². The molecule has 4 rings (SSSR count). The van der Waals surface area contributed by atoms with E-state index in [1.165, 1.54) is 11.0 Å². The highest BCUT2D eigenvalue weighted by Gasteiger charge is 2.33. The van der Waals surface area contributed by atoms with Crippen LogP contribution in [-0.4, -0.2) is 85.8 Å². The van der Waals surface area contributed by atoms with Crippen molar-refractivity contribution in [2.45, 2.75) is 39.1 Å². The van der Waals surface area contributed by atoms with E-state index in [0.29, 0.717) is 46.7 Å². The number of hydrogen-bond acceptors (Lipinski definition) is 8. The van der Waals surface area contributed by atoms with Crippen LogP contribution in [0.15, 0.2) is 42.7 Å².